The smallest absolute Gasteiger partial charge is 0.269 e. The van der Waals surface area contributed by atoms with Crippen molar-refractivity contribution < 1.29 is 9.59 Å². The van der Waals surface area contributed by atoms with Crippen molar-refractivity contribution in [3.05, 3.63) is 36.4 Å². The molecule has 2 saturated heterocycles. The highest BCUT2D eigenvalue weighted by atomic mass is 16.2. The highest BCUT2D eigenvalue weighted by Crippen LogP contribution is 2.35. The Bertz CT molecular complexity index is 977. The number of carbonyl (C=O) groups is 2. The third kappa shape index (κ3) is 2.73. The number of benzene rings is 1. The van der Waals surface area contributed by atoms with E-state index in [1.807, 2.05) is 11.0 Å². The number of para-hydroxylation sites is 2. The minimum absolute atomic E-state index is 0.0502. The third-order valence-electron chi connectivity index (χ3n) is 6.13. The van der Waals surface area contributed by atoms with Gasteiger partial charge >= 0.3 is 0 Å². The van der Waals surface area contributed by atoms with Crippen LogP contribution in [0.3, 0.4) is 0 Å². The number of hydrogen-bond acceptors (Lipinski definition) is 4. The minimum atomic E-state index is -0.406. The molecule has 0 bridgehead atoms. The largest absolute Gasteiger partial charge is 0.342 e. The van der Waals surface area contributed by atoms with E-state index in [0.29, 0.717) is 11.8 Å². The van der Waals surface area contributed by atoms with E-state index < -0.39 is 5.92 Å². The molecule has 0 radical (unpaired) electrons. The van der Waals surface area contributed by atoms with Crippen LogP contribution in [0, 0.1) is 17.8 Å². The van der Waals surface area contributed by atoms with E-state index in [1.54, 1.807) is 6.08 Å². The quantitative estimate of drug-likeness (QED) is 0.817. The molecular formula is C21H23N5O2. The first-order chi connectivity index (χ1) is 13.6. The first-order valence-electron chi connectivity index (χ1n) is 9.89. The average molecular weight is 377 g/mol. The predicted molar refractivity (Wildman–Crippen MR) is 107 cm³/mol. The summed E-state index contributed by atoms with van der Waals surface area (Å²) in [4.78, 5) is 36.9. The van der Waals surface area contributed by atoms with E-state index in [-0.39, 0.29) is 11.8 Å². The summed E-state index contributed by atoms with van der Waals surface area (Å²) in [7, 11) is 0. The van der Waals surface area contributed by atoms with Gasteiger partial charge in [-0.2, -0.15) is 0 Å². The maximum Gasteiger partial charge on any atom is 0.269 e. The van der Waals surface area contributed by atoms with Gasteiger partial charge in [-0.1, -0.05) is 18.2 Å². The lowest BCUT2D eigenvalue weighted by atomic mass is 10.0. The molecule has 4 heterocycles. The second-order valence-electron chi connectivity index (χ2n) is 7.81. The van der Waals surface area contributed by atoms with Gasteiger partial charge in [-0.3, -0.25) is 9.59 Å². The maximum atomic E-state index is 12.7. The number of likely N-dealkylation sites (tertiary alicyclic amines) is 1. The lowest BCUT2D eigenvalue weighted by Gasteiger charge is -2.24. The maximum absolute atomic E-state index is 12.7. The third-order valence-corrected chi connectivity index (χ3v) is 6.13. The summed E-state index contributed by atoms with van der Waals surface area (Å²) in [5.41, 5.74) is 2.21. The predicted octanol–water partition coefficient (Wildman–Crippen LogP) is 1.73. The summed E-state index contributed by atoms with van der Waals surface area (Å²) in [6.45, 7) is 6.41. The van der Waals surface area contributed by atoms with Gasteiger partial charge < -0.3 is 14.4 Å². The molecule has 7 heteroatoms. The summed E-state index contributed by atoms with van der Waals surface area (Å²) >= 11 is 0. The van der Waals surface area contributed by atoms with Gasteiger partial charge in [0.1, 0.15) is 0 Å². The van der Waals surface area contributed by atoms with Gasteiger partial charge in [0, 0.05) is 56.9 Å². The van der Waals surface area contributed by atoms with Crippen molar-refractivity contribution in [2.75, 3.05) is 31.1 Å². The van der Waals surface area contributed by atoms with Crippen molar-refractivity contribution in [1.29, 1.82) is 0 Å². The lowest BCUT2D eigenvalue weighted by molar-refractivity contribution is -0.131. The molecule has 144 valence electrons. The topological polar surface area (TPSA) is 70.8 Å². The van der Waals surface area contributed by atoms with E-state index in [9.17, 15) is 9.59 Å². The first kappa shape index (κ1) is 17.2. The molecule has 3 aliphatic heterocycles. The Morgan fingerprint density at radius 1 is 1.14 bits per heavy atom. The minimum Gasteiger partial charge on any atom is -0.342 e. The van der Waals surface area contributed by atoms with Crippen molar-refractivity contribution in [1.82, 2.24) is 14.5 Å². The zero-order valence-corrected chi connectivity index (χ0v) is 15.9. The van der Waals surface area contributed by atoms with Gasteiger partial charge in [0.25, 0.3) is 5.91 Å². The van der Waals surface area contributed by atoms with Gasteiger partial charge in [-0.05, 0) is 19.1 Å². The number of anilines is 1. The van der Waals surface area contributed by atoms with Crippen LogP contribution in [0.2, 0.25) is 0 Å². The average Bonchev–Trinajstić information content (AvgIpc) is 3.38. The van der Waals surface area contributed by atoms with Crippen LogP contribution in [0.1, 0.15) is 6.92 Å². The zero-order valence-electron chi connectivity index (χ0n) is 15.9. The number of amides is 2. The molecule has 28 heavy (non-hydrogen) atoms. The SMILES string of the molecule is CCn1c(N2CC3CN(C(=O)C4C=CC(=O)N=C4)CC3C2)nc2ccccc21. The molecule has 3 unspecified atom stereocenters. The lowest BCUT2D eigenvalue weighted by Crippen LogP contribution is -2.38. The van der Waals surface area contributed by atoms with Gasteiger partial charge in [0.05, 0.1) is 17.0 Å². The Morgan fingerprint density at radius 2 is 1.89 bits per heavy atom. The van der Waals surface area contributed by atoms with Crippen LogP contribution >= 0.6 is 0 Å². The molecule has 0 saturated carbocycles. The Morgan fingerprint density at radius 3 is 2.57 bits per heavy atom. The molecular weight excluding hydrogens is 354 g/mol. The first-order valence-corrected chi connectivity index (χ1v) is 9.89. The normalized spacial score (nSPS) is 26.5. The standard InChI is InChI=1S/C21H23N5O2/c1-2-26-18-6-4-3-5-17(18)23-21(26)25-12-15-10-24(11-16(15)13-25)20(28)14-7-8-19(27)22-9-14/h3-9,14-16H,2,10-13H2,1H3. The number of hydrogen-bond donors (Lipinski definition) is 0. The fourth-order valence-corrected chi connectivity index (χ4v) is 4.74. The van der Waals surface area contributed by atoms with Crippen molar-refractivity contribution >= 4 is 35.0 Å². The molecule has 2 fully saturated rings. The molecule has 0 spiro atoms. The monoisotopic (exact) mass is 377 g/mol. The van der Waals surface area contributed by atoms with Crippen LogP contribution in [0.5, 0.6) is 0 Å². The number of aromatic nitrogens is 2. The fraction of sp³-hybridized carbons (Fsp3) is 0.429. The van der Waals surface area contributed by atoms with Crippen molar-refractivity contribution in [2.24, 2.45) is 22.7 Å². The highest BCUT2D eigenvalue weighted by molar-refractivity contribution is 6.05. The van der Waals surface area contributed by atoms with Crippen LogP contribution in [-0.2, 0) is 16.1 Å². The van der Waals surface area contributed by atoms with Gasteiger partial charge in [0.2, 0.25) is 11.9 Å². The second-order valence-corrected chi connectivity index (χ2v) is 7.81. The number of nitrogens with zero attached hydrogens (tertiary/aromatic N) is 5. The number of aryl methyl sites for hydroxylation is 1. The van der Waals surface area contributed by atoms with E-state index in [0.717, 1.165) is 44.2 Å². The Labute approximate surface area is 163 Å². The molecule has 2 aromatic rings. The van der Waals surface area contributed by atoms with Crippen LogP contribution in [-0.4, -0.2) is 58.7 Å². The molecule has 2 amide bonds. The van der Waals surface area contributed by atoms with Crippen molar-refractivity contribution in [2.45, 2.75) is 13.5 Å². The molecule has 1 aromatic carbocycles. The van der Waals surface area contributed by atoms with Crippen LogP contribution < -0.4 is 4.90 Å². The summed E-state index contributed by atoms with van der Waals surface area (Å²) in [5, 5.41) is 0. The summed E-state index contributed by atoms with van der Waals surface area (Å²) < 4.78 is 2.28. The number of aliphatic imine (C=N–C) groups is 1. The molecule has 3 atom stereocenters. The fourth-order valence-electron chi connectivity index (χ4n) is 4.74. The molecule has 0 aliphatic carbocycles. The highest BCUT2D eigenvalue weighted by Gasteiger charge is 2.43. The van der Waals surface area contributed by atoms with Crippen LogP contribution in [0.15, 0.2) is 41.4 Å². The van der Waals surface area contributed by atoms with Crippen molar-refractivity contribution in [3.8, 4) is 0 Å². The zero-order chi connectivity index (χ0) is 19.3. The number of rotatable bonds is 3. The van der Waals surface area contributed by atoms with Gasteiger partial charge in [-0.15, -0.1) is 0 Å². The van der Waals surface area contributed by atoms with Gasteiger partial charge in [0.15, 0.2) is 0 Å². The van der Waals surface area contributed by atoms with E-state index in [2.05, 4.69) is 39.6 Å². The number of dihydropyridines is 1. The molecule has 1 aromatic heterocycles. The molecule has 3 aliphatic rings. The number of imidazole rings is 1. The molecule has 0 N–H and O–H groups in total. The Hall–Kier alpha value is -2.96. The van der Waals surface area contributed by atoms with Crippen LogP contribution in [0.25, 0.3) is 11.0 Å². The summed E-state index contributed by atoms with van der Waals surface area (Å²) in [6.07, 6.45) is 4.51. The summed E-state index contributed by atoms with van der Waals surface area (Å²) in [6, 6.07) is 8.26. The molecule has 5 rings (SSSR count). The number of fused-ring (bicyclic) bond motifs is 2. The van der Waals surface area contributed by atoms with Gasteiger partial charge in [-0.25, -0.2) is 9.98 Å². The summed E-state index contributed by atoms with van der Waals surface area (Å²) in [5.74, 6) is 1.31. The van der Waals surface area contributed by atoms with Crippen LogP contribution in [0.4, 0.5) is 5.95 Å². The number of carbonyl (C=O) groups excluding carboxylic acids is 2. The molecule has 7 nitrogen and oxygen atoms in total. The Balaban J connectivity index is 1.30. The van der Waals surface area contributed by atoms with E-state index >= 15 is 0 Å². The van der Waals surface area contributed by atoms with E-state index in [4.69, 9.17) is 4.98 Å². The Kier molecular flexibility index (Phi) is 4.03. The van der Waals surface area contributed by atoms with Crippen molar-refractivity contribution in [3.63, 3.8) is 0 Å². The van der Waals surface area contributed by atoms with E-state index in [1.165, 1.54) is 17.8 Å². The second kappa shape index (κ2) is 6.58.